The summed E-state index contributed by atoms with van der Waals surface area (Å²) < 4.78 is 5.70. The van der Waals surface area contributed by atoms with Gasteiger partial charge in [0.1, 0.15) is 6.33 Å². The Kier molecular flexibility index (Phi) is 4.25. The molecule has 2 aromatic heterocycles. The van der Waals surface area contributed by atoms with Gasteiger partial charge in [-0.3, -0.25) is 9.89 Å². The number of fused-ring (bicyclic) bond motifs is 1. The molecule has 2 aliphatic rings. The smallest absolute Gasteiger partial charge is 0.274 e. The number of aromatic amines is 1. The third-order valence-electron chi connectivity index (χ3n) is 4.77. The summed E-state index contributed by atoms with van der Waals surface area (Å²) >= 11 is 0. The second kappa shape index (κ2) is 6.68. The SMILES string of the molecule is O=C(c1n[nH]c2c1CCC2)N1CCOC[C@@H](Cc2ccncn2)C1. The number of nitrogens with zero attached hydrogens (tertiary/aromatic N) is 4. The van der Waals surface area contributed by atoms with E-state index in [0.717, 1.165) is 42.6 Å². The minimum absolute atomic E-state index is 0.0209. The van der Waals surface area contributed by atoms with Crippen LogP contribution in [0.4, 0.5) is 0 Å². The van der Waals surface area contributed by atoms with Gasteiger partial charge in [-0.25, -0.2) is 9.97 Å². The molecule has 24 heavy (non-hydrogen) atoms. The van der Waals surface area contributed by atoms with Crippen LogP contribution in [0, 0.1) is 5.92 Å². The summed E-state index contributed by atoms with van der Waals surface area (Å²) in [7, 11) is 0. The summed E-state index contributed by atoms with van der Waals surface area (Å²) in [5.41, 5.74) is 3.82. The lowest BCUT2D eigenvalue weighted by molar-refractivity contribution is 0.0730. The molecule has 1 amide bonds. The lowest BCUT2D eigenvalue weighted by atomic mass is 10.0. The summed E-state index contributed by atoms with van der Waals surface area (Å²) in [4.78, 5) is 23.0. The maximum atomic E-state index is 12.9. The summed E-state index contributed by atoms with van der Waals surface area (Å²) in [5.74, 6) is 0.255. The van der Waals surface area contributed by atoms with Crippen LogP contribution in [-0.4, -0.2) is 57.3 Å². The summed E-state index contributed by atoms with van der Waals surface area (Å²) in [5, 5.41) is 7.30. The van der Waals surface area contributed by atoms with Crippen LogP contribution in [0.2, 0.25) is 0 Å². The number of amides is 1. The van der Waals surface area contributed by atoms with Crippen LogP contribution < -0.4 is 0 Å². The van der Waals surface area contributed by atoms with Crippen LogP contribution in [0.5, 0.6) is 0 Å². The Morgan fingerprint density at radius 3 is 3.25 bits per heavy atom. The number of H-pyrrole nitrogens is 1. The van der Waals surface area contributed by atoms with Crippen molar-refractivity contribution in [1.82, 2.24) is 25.1 Å². The average Bonchev–Trinajstić information content (AvgIpc) is 3.14. The normalized spacial score (nSPS) is 20.7. The number of rotatable bonds is 3. The van der Waals surface area contributed by atoms with Gasteiger partial charge in [0.15, 0.2) is 5.69 Å². The standard InChI is InChI=1S/C17H21N5O2/c23-17(16-14-2-1-3-15(14)20-21-16)22-6-7-24-10-12(9-22)8-13-4-5-18-11-19-13/h4-5,11-12H,1-3,6-10H2,(H,20,21)/t12-/m0/s1. The van der Waals surface area contributed by atoms with Crippen molar-refractivity contribution in [3.05, 3.63) is 41.2 Å². The minimum Gasteiger partial charge on any atom is -0.379 e. The van der Waals surface area contributed by atoms with Gasteiger partial charge in [-0.1, -0.05) is 0 Å². The highest BCUT2D eigenvalue weighted by Crippen LogP contribution is 2.24. The molecule has 1 N–H and O–H groups in total. The third kappa shape index (κ3) is 3.03. The van der Waals surface area contributed by atoms with Gasteiger partial charge in [-0.15, -0.1) is 0 Å². The Bertz CT molecular complexity index is 715. The van der Waals surface area contributed by atoms with Crippen molar-refractivity contribution in [2.75, 3.05) is 26.3 Å². The zero-order valence-electron chi connectivity index (χ0n) is 13.6. The number of hydrogen-bond acceptors (Lipinski definition) is 5. The number of ether oxygens (including phenoxy) is 1. The summed E-state index contributed by atoms with van der Waals surface area (Å²) in [6.45, 7) is 2.50. The van der Waals surface area contributed by atoms with E-state index in [-0.39, 0.29) is 11.8 Å². The molecule has 2 aromatic rings. The molecule has 1 aliphatic carbocycles. The highest BCUT2D eigenvalue weighted by Gasteiger charge is 2.29. The van der Waals surface area contributed by atoms with Crippen molar-refractivity contribution in [3.63, 3.8) is 0 Å². The Labute approximate surface area is 140 Å². The zero-order valence-corrected chi connectivity index (χ0v) is 13.6. The molecule has 1 atom stereocenters. The van der Waals surface area contributed by atoms with Crippen LogP contribution in [0.3, 0.4) is 0 Å². The number of hydrogen-bond donors (Lipinski definition) is 1. The first-order valence-electron chi connectivity index (χ1n) is 8.49. The molecule has 4 rings (SSSR count). The molecular formula is C17H21N5O2. The average molecular weight is 327 g/mol. The molecule has 0 unspecified atom stereocenters. The monoisotopic (exact) mass is 327 g/mol. The molecule has 7 heteroatoms. The molecule has 0 spiro atoms. The molecule has 1 saturated heterocycles. The first-order valence-corrected chi connectivity index (χ1v) is 8.49. The van der Waals surface area contributed by atoms with E-state index in [2.05, 4.69) is 20.2 Å². The fourth-order valence-corrected chi connectivity index (χ4v) is 3.57. The number of aryl methyl sites for hydroxylation is 1. The van der Waals surface area contributed by atoms with Gasteiger partial charge in [-0.05, 0) is 31.7 Å². The zero-order chi connectivity index (χ0) is 16.4. The molecule has 0 bridgehead atoms. The molecular weight excluding hydrogens is 306 g/mol. The molecule has 126 valence electrons. The fraction of sp³-hybridized carbons (Fsp3) is 0.529. The number of nitrogens with one attached hydrogen (secondary N) is 1. The topological polar surface area (TPSA) is 84.0 Å². The van der Waals surface area contributed by atoms with Gasteiger partial charge in [-0.2, -0.15) is 5.10 Å². The predicted molar refractivity (Wildman–Crippen MR) is 86.6 cm³/mol. The molecule has 1 fully saturated rings. The highest BCUT2D eigenvalue weighted by molar-refractivity contribution is 5.94. The molecule has 0 saturated carbocycles. The van der Waals surface area contributed by atoms with E-state index in [1.165, 1.54) is 0 Å². The minimum atomic E-state index is 0.0209. The van der Waals surface area contributed by atoms with Crippen LogP contribution in [0.15, 0.2) is 18.6 Å². The Balaban J connectivity index is 1.48. The van der Waals surface area contributed by atoms with Crippen LogP contribution in [0.1, 0.15) is 33.9 Å². The number of aromatic nitrogens is 4. The lowest BCUT2D eigenvalue weighted by Crippen LogP contribution is -2.37. The quantitative estimate of drug-likeness (QED) is 0.910. The second-order valence-corrected chi connectivity index (χ2v) is 6.48. The van der Waals surface area contributed by atoms with E-state index in [4.69, 9.17) is 4.74 Å². The van der Waals surface area contributed by atoms with E-state index < -0.39 is 0 Å². The maximum Gasteiger partial charge on any atom is 0.274 e. The molecule has 3 heterocycles. The van der Waals surface area contributed by atoms with E-state index in [1.807, 2.05) is 11.0 Å². The third-order valence-corrected chi connectivity index (χ3v) is 4.77. The van der Waals surface area contributed by atoms with Crippen molar-refractivity contribution < 1.29 is 9.53 Å². The summed E-state index contributed by atoms with van der Waals surface area (Å²) in [6.07, 6.45) is 7.13. The van der Waals surface area contributed by atoms with Crippen molar-refractivity contribution in [2.24, 2.45) is 5.92 Å². The second-order valence-electron chi connectivity index (χ2n) is 6.48. The highest BCUT2D eigenvalue weighted by atomic mass is 16.5. The van der Waals surface area contributed by atoms with Gasteiger partial charge in [0.25, 0.3) is 5.91 Å². The van der Waals surface area contributed by atoms with Gasteiger partial charge in [0.2, 0.25) is 0 Å². The van der Waals surface area contributed by atoms with Crippen LogP contribution in [-0.2, 0) is 24.0 Å². The molecule has 1 aliphatic heterocycles. The van der Waals surface area contributed by atoms with Gasteiger partial charge in [0.05, 0.1) is 13.2 Å². The lowest BCUT2D eigenvalue weighted by Gasteiger charge is -2.23. The first-order chi connectivity index (χ1) is 11.8. The Hall–Kier alpha value is -2.28. The van der Waals surface area contributed by atoms with Crippen LogP contribution >= 0.6 is 0 Å². The van der Waals surface area contributed by atoms with Crippen molar-refractivity contribution in [2.45, 2.75) is 25.7 Å². The maximum absolute atomic E-state index is 12.9. The predicted octanol–water partition coefficient (Wildman–Crippen LogP) is 1.02. The van der Waals surface area contributed by atoms with Gasteiger partial charge >= 0.3 is 0 Å². The number of carbonyl (C=O) groups is 1. The van der Waals surface area contributed by atoms with Crippen molar-refractivity contribution in [3.8, 4) is 0 Å². The first kappa shape index (κ1) is 15.3. The van der Waals surface area contributed by atoms with E-state index in [1.54, 1.807) is 12.5 Å². The molecule has 0 aromatic carbocycles. The van der Waals surface area contributed by atoms with E-state index >= 15 is 0 Å². The summed E-state index contributed by atoms with van der Waals surface area (Å²) in [6, 6.07) is 1.91. The van der Waals surface area contributed by atoms with Crippen molar-refractivity contribution in [1.29, 1.82) is 0 Å². The number of carbonyl (C=O) groups excluding carboxylic acids is 1. The fourth-order valence-electron chi connectivity index (χ4n) is 3.57. The largest absolute Gasteiger partial charge is 0.379 e. The van der Waals surface area contributed by atoms with E-state index in [9.17, 15) is 4.79 Å². The van der Waals surface area contributed by atoms with Crippen LogP contribution in [0.25, 0.3) is 0 Å². The van der Waals surface area contributed by atoms with Gasteiger partial charge in [0, 0.05) is 42.2 Å². The molecule has 7 nitrogen and oxygen atoms in total. The van der Waals surface area contributed by atoms with Crippen molar-refractivity contribution >= 4 is 5.91 Å². The Morgan fingerprint density at radius 1 is 1.42 bits per heavy atom. The Morgan fingerprint density at radius 2 is 2.38 bits per heavy atom. The molecule has 0 radical (unpaired) electrons. The van der Waals surface area contributed by atoms with Gasteiger partial charge < -0.3 is 9.64 Å². The van der Waals surface area contributed by atoms with E-state index in [0.29, 0.717) is 32.0 Å².